The highest BCUT2D eigenvalue weighted by molar-refractivity contribution is 6.31. The summed E-state index contributed by atoms with van der Waals surface area (Å²) >= 11 is 6.01. The number of H-pyrrole nitrogens is 1. The Labute approximate surface area is 144 Å². The van der Waals surface area contributed by atoms with Crippen LogP contribution in [0.3, 0.4) is 0 Å². The third kappa shape index (κ3) is 3.44. The standard InChI is InChI=1S/C17H18ClN3O3/c18-12-3-4-14(13(8-12)16(23)15-2-1-6-19-15)20-17(24)21-7-5-11(9-21)10-22/h1-4,6,8,11,19,22H,5,7,9-10H2,(H,20,24)/t11-/m0/s1. The van der Waals surface area contributed by atoms with Gasteiger partial charge in [-0.15, -0.1) is 0 Å². The van der Waals surface area contributed by atoms with Crippen LogP contribution >= 0.6 is 11.6 Å². The summed E-state index contributed by atoms with van der Waals surface area (Å²) in [6.07, 6.45) is 2.44. The highest BCUT2D eigenvalue weighted by Crippen LogP contribution is 2.24. The van der Waals surface area contributed by atoms with Crippen molar-refractivity contribution in [1.82, 2.24) is 9.88 Å². The Morgan fingerprint density at radius 3 is 2.88 bits per heavy atom. The molecule has 126 valence electrons. The number of aromatic nitrogens is 1. The van der Waals surface area contributed by atoms with E-state index in [0.29, 0.717) is 35.1 Å². The first-order valence-electron chi connectivity index (χ1n) is 7.73. The fourth-order valence-corrected chi connectivity index (χ4v) is 2.96. The van der Waals surface area contributed by atoms with E-state index in [-0.39, 0.29) is 24.3 Å². The van der Waals surface area contributed by atoms with E-state index >= 15 is 0 Å². The van der Waals surface area contributed by atoms with Crippen LogP contribution in [0.1, 0.15) is 22.5 Å². The van der Waals surface area contributed by atoms with Gasteiger partial charge >= 0.3 is 6.03 Å². The van der Waals surface area contributed by atoms with Crippen LogP contribution in [0, 0.1) is 5.92 Å². The number of halogens is 1. The fourth-order valence-electron chi connectivity index (χ4n) is 2.79. The first-order chi connectivity index (χ1) is 11.6. The molecule has 6 nitrogen and oxygen atoms in total. The predicted molar refractivity (Wildman–Crippen MR) is 91.5 cm³/mol. The minimum absolute atomic E-state index is 0.0707. The molecular formula is C17H18ClN3O3. The highest BCUT2D eigenvalue weighted by atomic mass is 35.5. The zero-order valence-corrected chi connectivity index (χ0v) is 13.7. The highest BCUT2D eigenvalue weighted by Gasteiger charge is 2.26. The van der Waals surface area contributed by atoms with E-state index in [2.05, 4.69) is 10.3 Å². The van der Waals surface area contributed by atoms with Crippen LogP contribution in [0.4, 0.5) is 10.5 Å². The lowest BCUT2D eigenvalue weighted by molar-refractivity contribution is 0.103. The van der Waals surface area contributed by atoms with Gasteiger partial charge in [0.2, 0.25) is 5.78 Å². The molecule has 0 unspecified atom stereocenters. The summed E-state index contributed by atoms with van der Waals surface area (Å²) in [4.78, 5) is 29.5. The molecular weight excluding hydrogens is 330 g/mol. The molecule has 2 heterocycles. The van der Waals surface area contributed by atoms with Gasteiger partial charge in [-0.3, -0.25) is 4.79 Å². The number of hydrogen-bond donors (Lipinski definition) is 3. The Bertz CT molecular complexity index is 746. The molecule has 3 rings (SSSR count). The largest absolute Gasteiger partial charge is 0.396 e. The summed E-state index contributed by atoms with van der Waals surface area (Å²) in [5.41, 5.74) is 1.17. The Balaban J connectivity index is 1.81. The number of carbonyl (C=O) groups is 2. The number of urea groups is 1. The number of nitrogens with zero attached hydrogens (tertiary/aromatic N) is 1. The monoisotopic (exact) mass is 347 g/mol. The van der Waals surface area contributed by atoms with Crippen LogP contribution in [0.15, 0.2) is 36.5 Å². The maximum absolute atomic E-state index is 12.6. The number of likely N-dealkylation sites (tertiary alicyclic amines) is 1. The summed E-state index contributed by atoms with van der Waals surface area (Å²) in [6.45, 7) is 1.17. The Morgan fingerprint density at radius 1 is 1.38 bits per heavy atom. The lowest BCUT2D eigenvalue weighted by Gasteiger charge is -2.18. The average Bonchev–Trinajstić information content (AvgIpc) is 3.27. The molecule has 0 aliphatic carbocycles. The summed E-state index contributed by atoms with van der Waals surface area (Å²) in [5.74, 6) is -0.131. The maximum atomic E-state index is 12.6. The van der Waals surface area contributed by atoms with Crippen LogP contribution in [0.2, 0.25) is 5.02 Å². The van der Waals surface area contributed by atoms with Crippen LogP contribution in [-0.2, 0) is 0 Å². The van der Waals surface area contributed by atoms with Gasteiger partial charge < -0.3 is 20.3 Å². The molecule has 0 spiro atoms. The summed E-state index contributed by atoms with van der Waals surface area (Å²) in [6, 6.07) is 7.91. The van der Waals surface area contributed by atoms with E-state index in [1.807, 2.05) is 0 Å². The Hall–Kier alpha value is -2.31. The van der Waals surface area contributed by atoms with Crippen LogP contribution in [0.25, 0.3) is 0 Å². The van der Waals surface area contributed by atoms with Crippen molar-refractivity contribution in [3.8, 4) is 0 Å². The van der Waals surface area contributed by atoms with Gasteiger partial charge in [0.25, 0.3) is 0 Å². The number of aliphatic hydroxyl groups is 1. The molecule has 1 atom stereocenters. The van der Waals surface area contributed by atoms with Crippen molar-refractivity contribution in [2.24, 2.45) is 5.92 Å². The molecule has 1 fully saturated rings. The fraction of sp³-hybridized carbons (Fsp3) is 0.294. The molecule has 1 aliphatic rings. The van der Waals surface area contributed by atoms with Gasteiger partial charge in [0.15, 0.2) is 0 Å². The third-order valence-electron chi connectivity index (χ3n) is 4.14. The number of nitrogens with one attached hydrogen (secondary N) is 2. The molecule has 24 heavy (non-hydrogen) atoms. The normalized spacial score (nSPS) is 17.1. The summed E-state index contributed by atoms with van der Waals surface area (Å²) < 4.78 is 0. The SMILES string of the molecule is O=C(c1ccc[nH]1)c1cc(Cl)ccc1NC(=O)N1CC[C@H](CO)C1. The minimum Gasteiger partial charge on any atom is -0.396 e. The van der Waals surface area contributed by atoms with Gasteiger partial charge in [-0.1, -0.05) is 11.6 Å². The lowest BCUT2D eigenvalue weighted by atomic mass is 10.1. The zero-order valence-electron chi connectivity index (χ0n) is 13.0. The average molecular weight is 348 g/mol. The molecule has 1 saturated heterocycles. The summed E-state index contributed by atoms with van der Waals surface area (Å²) in [5, 5.41) is 12.4. The molecule has 7 heteroatoms. The predicted octanol–water partition coefficient (Wildman–Crippen LogP) is 2.75. The van der Waals surface area contributed by atoms with E-state index in [1.54, 1.807) is 41.4 Å². The van der Waals surface area contributed by atoms with E-state index in [1.165, 1.54) is 0 Å². The molecule has 1 aliphatic heterocycles. The van der Waals surface area contributed by atoms with Gasteiger partial charge in [0.1, 0.15) is 0 Å². The maximum Gasteiger partial charge on any atom is 0.321 e. The van der Waals surface area contributed by atoms with Crippen molar-refractivity contribution in [3.63, 3.8) is 0 Å². The second-order valence-electron chi connectivity index (χ2n) is 5.82. The zero-order chi connectivity index (χ0) is 17.1. The second-order valence-corrected chi connectivity index (χ2v) is 6.25. The second kappa shape index (κ2) is 7.07. The minimum atomic E-state index is -0.284. The molecule has 2 amide bonds. The smallest absolute Gasteiger partial charge is 0.321 e. The van der Waals surface area contributed by atoms with E-state index in [9.17, 15) is 14.7 Å². The number of anilines is 1. The first-order valence-corrected chi connectivity index (χ1v) is 8.10. The number of aliphatic hydroxyl groups excluding tert-OH is 1. The van der Waals surface area contributed by atoms with Gasteiger partial charge in [-0.25, -0.2) is 4.79 Å². The lowest BCUT2D eigenvalue weighted by Crippen LogP contribution is -2.33. The van der Waals surface area contributed by atoms with Crippen molar-refractivity contribution >= 4 is 29.1 Å². The first kappa shape index (κ1) is 16.5. The van der Waals surface area contributed by atoms with Crippen molar-refractivity contribution in [3.05, 3.63) is 52.8 Å². The number of benzene rings is 1. The van der Waals surface area contributed by atoms with Crippen LogP contribution in [-0.4, -0.2) is 46.5 Å². The van der Waals surface area contributed by atoms with Gasteiger partial charge in [-0.2, -0.15) is 0 Å². The third-order valence-corrected chi connectivity index (χ3v) is 4.38. The van der Waals surface area contributed by atoms with Crippen LogP contribution in [0.5, 0.6) is 0 Å². The number of hydrogen-bond acceptors (Lipinski definition) is 3. The van der Waals surface area contributed by atoms with Crippen molar-refractivity contribution < 1.29 is 14.7 Å². The molecule has 2 aromatic rings. The van der Waals surface area contributed by atoms with E-state index < -0.39 is 0 Å². The topological polar surface area (TPSA) is 85.4 Å². The van der Waals surface area contributed by atoms with Gasteiger partial charge in [-0.05, 0) is 36.8 Å². The quantitative estimate of drug-likeness (QED) is 0.743. The molecule has 0 bridgehead atoms. The Kier molecular flexibility index (Phi) is 4.87. The Morgan fingerprint density at radius 2 is 2.21 bits per heavy atom. The van der Waals surface area contributed by atoms with E-state index in [0.717, 1.165) is 6.42 Å². The molecule has 0 saturated carbocycles. The van der Waals surface area contributed by atoms with Crippen molar-refractivity contribution in [2.45, 2.75) is 6.42 Å². The number of ketones is 1. The number of carbonyl (C=O) groups excluding carboxylic acids is 2. The number of amides is 2. The molecule has 0 radical (unpaired) electrons. The van der Waals surface area contributed by atoms with E-state index in [4.69, 9.17) is 11.6 Å². The van der Waals surface area contributed by atoms with Crippen LogP contribution < -0.4 is 5.32 Å². The summed E-state index contributed by atoms with van der Waals surface area (Å²) in [7, 11) is 0. The van der Waals surface area contributed by atoms with Crippen molar-refractivity contribution in [2.75, 3.05) is 25.0 Å². The number of rotatable bonds is 4. The molecule has 1 aromatic heterocycles. The molecule has 3 N–H and O–H groups in total. The van der Waals surface area contributed by atoms with Gasteiger partial charge in [0.05, 0.1) is 11.4 Å². The van der Waals surface area contributed by atoms with Crippen molar-refractivity contribution in [1.29, 1.82) is 0 Å². The van der Waals surface area contributed by atoms with Gasteiger partial charge in [0, 0.05) is 42.4 Å². The number of aromatic amines is 1. The molecule has 1 aromatic carbocycles.